The quantitative estimate of drug-likeness (QED) is 0.540. The van der Waals surface area contributed by atoms with Crippen LogP contribution in [0.25, 0.3) is 21.9 Å². The molecule has 5 heteroatoms. The van der Waals surface area contributed by atoms with E-state index in [1.807, 2.05) is 19.1 Å². The van der Waals surface area contributed by atoms with Gasteiger partial charge in [-0.2, -0.15) is 0 Å². The minimum Gasteiger partial charge on any atom is -0.488 e. The first-order chi connectivity index (χ1) is 11.2. The van der Waals surface area contributed by atoms with Gasteiger partial charge in [0.1, 0.15) is 12.2 Å². The summed E-state index contributed by atoms with van der Waals surface area (Å²) in [6, 6.07) is 12.5. The number of hydrogen-bond donors (Lipinski definition) is 2. The summed E-state index contributed by atoms with van der Waals surface area (Å²) in [5.41, 5.74) is 0.957. The molecule has 1 aromatic heterocycles. The molecule has 3 aromatic rings. The second-order valence-electron chi connectivity index (χ2n) is 5.45. The SMILES string of the molecule is CC(CO)NCCOc1cccc2c(=O)c3ccccc3oc12. The topological polar surface area (TPSA) is 71.7 Å². The highest BCUT2D eigenvalue weighted by Gasteiger charge is 2.11. The Hall–Kier alpha value is -2.37. The Bertz CT molecular complexity index is 872. The van der Waals surface area contributed by atoms with E-state index in [0.29, 0.717) is 40.8 Å². The number of rotatable bonds is 6. The average molecular weight is 313 g/mol. The third-order valence-electron chi connectivity index (χ3n) is 3.69. The highest BCUT2D eigenvalue weighted by molar-refractivity contribution is 5.92. The van der Waals surface area contributed by atoms with E-state index in [2.05, 4.69) is 5.32 Å². The molecule has 0 aliphatic rings. The van der Waals surface area contributed by atoms with Gasteiger partial charge in [0.05, 0.1) is 17.4 Å². The van der Waals surface area contributed by atoms with Gasteiger partial charge in [0.2, 0.25) is 5.43 Å². The molecule has 0 saturated carbocycles. The molecule has 3 rings (SSSR count). The molecular weight excluding hydrogens is 294 g/mol. The van der Waals surface area contributed by atoms with Gasteiger partial charge in [-0.1, -0.05) is 18.2 Å². The van der Waals surface area contributed by atoms with E-state index in [1.54, 1.807) is 30.3 Å². The standard InChI is InChI=1S/C18H19NO4/c1-12(11-20)19-9-10-22-16-8-4-6-14-17(21)13-5-2-3-7-15(13)23-18(14)16/h2-8,12,19-20H,9-11H2,1H3. The number of aliphatic hydroxyl groups is 1. The lowest BCUT2D eigenvalue weighted by atomic mass is 10.1. The summed E-state index contributed by atoms with van der Waals surface area (Å²) in [6.45, 7) is 2.98. The maximum atomic E-state index is 12.5. The zero-order valence-corrected chi connectivity index (χ0v) is 12.9. The van der Waals surface area contributed by atoms with Crippen molar-refractivity contribution in [3.8, 4) is 5.75 Å². The molecule has 0 bridgehead atoms. The highest BCUT2D eigenvalue weighted by atomic mass is 16.5. The van der Waals surface area contributed by atoms with Crippen molar-refractivity contribution in [1.82, 2.24) is 5.32 Å². The second-order valence-corrected chi connectivity index (χ2v) is 5.45. The van der Waals surface area contributed by atoms with Crippen LogP contribution in [0.2, 0.25) is 0 Å². The van der Waals surface area contributed by atoms with Crippen LogP contribution in [-0.4, -0.2) is 30.9 Å². The Balaban J connectivity index is 1.91. The molecule has 0 aliphatic heterocycles. The number of para-hydroxylation sites is 2. The van der Waals surface area contributed by atoms with Gasteiger partial charge >= 0.3 is 0 Å². The van der Waals surface area contributed by atoms with Crippen LogP contribution in [0.3, 0.4) is 0 Å². The summed E-state index contributed by atoms with van der Waals surface area (Å²) in [6.07, 6.45) is 0. The number of ether oxygens (including phenoxy) is 1. The molecule has 0 saturated heterocycles. The molecule has 0 amide bonds. The molecule has 1 heterocycles. The normalized spacial score (nSPS) is 12.6. The fourth-order valence-corrected chi connectivity index (χ4v) is 2.44. The zero-order valence-electron chi connectivity index (χ0n) is 12.9. The van der Waals surface area contributed by atoms with Crippen molar-refractivity contribution >= 4 is 21.9 Å². The predicted molar refractivity (Wildman–Crippen MR) is 90.0 cm³/mol. The lowest BCUT2D eigenvalue weighted by Crippen LogP contribution is -2.32. The summed E-state index contributed by atoms with van der Waals surface area (Å²) in [4.78, 5) is 12.5. The third-order valence-corrected chi connectivity index (χ3v) is 3.69. The largest absolute Gasteiger partial charge is 0.488 e. The van der Waals surface area contributed by atoms with Crippen molar-refractivity contribution in [3.63, 3.8) is 0 Å². The van der Waals surface area contributed by atoms with E-state index in [9.17, 15) is 4.79 Å². The number of aliphatic hydroxyl groups excluding tert-OH is 1. The lowest BCUT2D eigenvalue weighted by Gasteiger charge is -2.12. The molecule has 5 nitrogen and oxygen atoms in total. The van der Waals surface area contributed by atoms with Crippen molar-refractivity contribution in [2.24, 2.45) is 0 Å². The summed E-state index contributed by atoms with van der Waals surface area (Å²) in [5, 5.41) is 13.2. The molecule has 120 valence electrons. The first-order valence-electron chi connectivity index (χ1n) is 7.62. The minimum atomic E-state index is -0.0562. The first-order valence-corrected chi connectivity index (χ1v) is 7.62. The molecule has 0 radical (unpaired) electrons. The van der Waals surface area contributed by atoms with Gasteiger partial charge in [-0.05, 0) is 31.2 Å². The Morgan fingerprint density at radius 1 is 1.17 bits per heavy atom. The zero-order chi connectivity index (χ0) is 16.2. The van der Waals surface area contributed by atoms with Gasteiger partial charge in [0.25, 0.3) is 0 Å². The monoisotopic (exact) mass is 313 g/mol. The van der Waals surface area contributed by atoms with Crippen molar-refractivity contribution in [2.75, 3.05) is 19.8 Å². The molecular formula is C18H19NO4. The highest BCUT2D eigenvalue weighted by Crippen LogP contribution is 2.26. The molecule has 2 N–H and O–H groups in total. The third kappa shape index (κ3) is 3.21. The Kier molecular flexibility index (Phi) is 4.60. The van der Waals surface area contributed by atoms with E-state index in [4.69, 9.17) is 14.3 Å². The summed E-state index contributed by atoms with van der Waals surface area (Å²) in [7, 11) is 0. The molecule has 0 spiro atoms. The van der Waals surface area contributed by atoms with Crippen LogP contribution in [-0.2, 0) is 0 Å². The first kappa shape index (κ1) is 15.5. The van der Waals surface area contributed by atoms with E-state index in [0.717, 1.165) is 0 Å². The molecule has 1 unspecified atom stereocenters. The molecule has 0 fully saturated rings. The van der Waals surface area contributed by atoms with Crippen LogP contribution in [0.1, 0.15) is 6.92 Å². The van der Waals surface area contributed by atoms with Gasteiger partial charge in [-0.15, -0.1) is 0 Å². The van der Waals surface area contributed by atoms with Crippen molar-refractivity contribution in [3.05, 3.63) is 52.7 Å². The van der Waals surface area contributed by atoms with E-state index < -0.39 is 0 Å². The average Bonchev–Trinajstić information content (AvgIpc) is 2.59. The van der Waals surface area contributed by atoms with E-state index in [-0.39, 0.29) is 18.1 Å². The number of hydrogen-bond acceptors (Lipinski definition) is 5. The van der Waals surface area contributed by atoms with E-state index >= 15 is 0 Å². The Morgan fingerprint density at radius 2 is 1.96 bits per heavy atom. The van der Waals surface area contributed by atoms with Gasteiger partial charge in [0.15, 0.2) is 11.3 Å². The van der Waals surface area contributed by atoms with Crippen LogP contribution < -0.4 is 15.5 Å². The van der Waals surface area contributed by atoms with Crippen LogP contribution in [0, 0.1) is 0 Å². The van der Waals surface area contributed by atoms with Crippen LogP contribution in [0.15, 0.2) is 51.7 Å². The van der Waals surface area contributed by atoms with Gasteiger partial charge in [-0.25, -0.2) is 0 Å². The molecule has 0 aliphatic carbocycles. The molecule has 23 heavy (non-hydrogen) atoms. The maximum absolute atomic E-state index is 12.5. The van der Waals surface area contributed by atoms with Crippen molar-refractivity contribution in [1.29, 1.82) is 0 Å². The lowest BCUT2D eigenvalue weighted by molar-refractivity contribution is 0.239. The number of fused-ring (bicyclic) bond motifs is 2. The predicted octanol–water partition coefficient (Wildman–Crippen LogP) is 2.30. The Morgan fingerprint density at radius 3 is 2.78 bits per heavy atom. The maximum Gasteiger partial charge on any atom is 0.200 e. The van der Waals surface area contributed by atoms with Gasteiger partial charge in [0, 0.05) is 12.6 Å². The summed E-state index contributed by atoms with van der Waals surface area (Å²) < 4.78 is 11.6. The van der Waals surface area contributed by atoms with Crippen LogP contribution >= 0.6 is 0 Å². The smallest absolute Gasteiger partial charge is 0.200 e. The molecule has 2 aromatic carbocycles. The fourth-order valence-electron chi connectivity index (χ4n) is 2.44. The Labute approximate surface area is 133 Å². The van der Waals surface area contributed by atoms with Crippen molar-refractivity contribution < 1.29 is 14.3 Å². The van der Waals surface area contributed by atoms with Crippen LogP contribution in [0.4, 0.5) is 0 Å². The minimum absolute atomic E-state index is 0.0213. The second kappa shape index (κ2) is 6.81. The number of nitrogens with one attached hydrogen (secondary N) is 1. The summed E-state index contributed by atoms with van der Waals surface area (Å²) >= 11 is 0. The number of benzene rings is 2. The summed E-state index contributed by atoms with van der Waals surface area (Å²) in [5.74, 6) is 0.545. The van der Waals surface area contributed by atoms with Crippen molar-refractivity contribution in [2.45, 2.75) is 13.0 Å². The fraction of sp³-hybridized carbons (Fsp3) is 0.278. The van der Waals surface area contributed by atoms with Gasteiger partial charge in [-0.3, -0.25) is 4.79 Å². The van der Waals surface area contributed by atoms with E-state index in [1.165, 1.54) is 0 Å². The molecule has 1 atom stereocenters. The van der Waals surface area contributed by atoms with Gasteiger partial charge < -0.3 is 19.6 Å². The van der Waals surface area contributed by atoms with Crippen LogP contribution in [0.5, 0.6) is 5.75 Å².